The summed E-state index contributed by atoms with van der Waals surface area (Å²) in [5.41, 5.74) is 7.27. The van der Waals surface area contributed by atoms with E-state index in [0.29, 0.717) is 6.04 Å². The molecule has 1 unspecified atom stereocenters. The van der Waals surface area contributed by atoms with Crippen LogP contribution < -0.4 is 10.6 Å². The molecule has 1 aliphatic rings. The van der Waals surface area contributed by atoms with Gasteiger partial charge in [-0.25, -0.2) is 0 Å². The van der Waals surface area contributed by atoms with Gasteiger partial charge in [0.15, 0.2) is 0 Å². The van der Waals surface area contributed by atoms with Crippen LogP contribution in [0.25, 0.3) is 0 Å². The molecule has 0 radical (unpaired) electrons. The lowest BCUT2D eigenvalue weighted by Crippen LogP contribution is -2.41. The topological polar surface area (TPSA) is 86.2 Å². The summed E-state index contributed by atoms with van der Waals surface area (Å²) in [5, 5.41) is 16.8. The van der Waals surface area contributed by atoms with Gasteiger partial charge >= 0.3 is 0 Å². The molecule has 18 heavy (non-hydrogen) atoms. The maximum Gasteiger partial charge on any atom is 0.125 e. The van der Waals surface area contributed by atoms with E-state index in [1.165, 1.54) is 6.42 Å². The zero-order valence-corrected chi connectivity index (χ0v) is 10.5. The number of rotatable bonds is 4. The molecule has 4 N–H and O–H groups in total. The van der Waals surface area contributed by atoms with Crippen LogP contribution in [0, 0.1) is 5.41 Å². The summed E-state index contributed by atoms with van der Waals surface area (Å²) < 4.78 is 0. The third-order valence-corrected chi connectivity index (χ3v) is 3.49. The van der Waals surface area contributed by atoms with Gasteiger partial charge in [-0.05, 0) is 31.7 Å². The van der Waals surface area contributed by atoms with E-state index in [0.717, 1.165) is 37.1 Å². The Kier molecular flexibility index (Phi) is 4.15. The second kappa shape index (κ2) is 5.82. The summed E-state index contributed by atoms with van der Waals surface area (Å²) in [6.45, 7) is 1.13. The normalized spacial score (nSPS) is 19.8. The molecule has 98 valence electrons. The standard InChI is InChI=1S/C13H20N4O/c14-13(15)11-4-6-16-9-12(11)17-7-2-1-3-10(17)5-8-18/h4,6,9-10,18H,1-3,5,7-8H2,(H3,14,15). The molecule has 1 aromatic rings. The Bertz CT molecular complexity index is 419. The van der Waals surface area contributed by atoms with Crippen LogP contribution in [0.3, 0.4) is 0 Å². The van der Waals surface area contributed by atoms with Crippen molar-refractivity contribution in [2.45, 2.75) is 31.7 Å². The SMILES string of the molecule is N=C(N)c1ccncc1N1CCCCC1CCO. The number of amidine groups is 1. The van der Waals surface area contributed by atoms with Gasteiger partial charge in [-0.3, -0.25) is 10.4 Å². The minimum atomic E-state index is 0.0701. The smallest absolute Gasteiger partial charge is 0.125 e. The number of hydrogen-bond donors (Lipinski definition) is 3. The average Bonchev–Trinajstić information content (AvgIpc) is 2.40. The highest BCUT2D eigenvalue weighted by Crippen LogP contribution is 2.28. The van der Waals surface area contributed by atoms with E-state index in [1.807, 2.05) is 0 Å². The second-order valence-electron chi connectivity index (χ2n) is 4.66. The Hall–Kier alpha value is -1.62. The van der Waals surface area contributed by atoms with Gasteiger partial charge in [-0.15, -0.1) is 0 Å². The Morgan fingerprint density at radius 3 is 3.11 bits per heavy atom. The monoisotopic (exact) mass is 248 g/mol. The van der Waals surface area contributed by atoms with Crippen LogP contribution in [0.4, 0.5) is 5.69 Å². The van der Waals surface area contributed by atoms with Crippen molar-refractivity contribution in [3.05, 3.63) is 24.0 Å². The molecule has 0 bridgehead atoms. The predicted molar refractivity (Wildman–Crippen MR) is 71.9 cm³/mol. The molecule has 0 aromatic carbocycles. The fraction of sp³-hybridized carbons (Fsp3) is 0.538. The van der Waals surface area contributed by atoms with Crippen LogP contribution in [0.15, 0.2) is 18.5 Å². The molecule has 2 heterocycles. The maximum atomic E-state index is 9.15. The van der Waals surface area contributed by atoms with Crippen molar-refractivity contribution in [2.24, 2.45) is 5.73 Å². The fourth-order valence-corrected chi connectivity index (χ4v) is 2.61. The van der Waals surface area contributed by atoms with Gasteiger partial charge in [0, 0.05) is 31.0 Å². The second-order valence-corrected chi connectivity index (χ2v) is 4.66. The van der Waals surface area contributed by atoms with Crippen molar-refractivity contribution >= 4 is 11.5 Å². The number of anilines is 1. The minimum absolute atomic E-state index is 0.0701. The van der Waals surface area contributed by atoms with Gasteiger partial charge in [0.25, 0.3) is 0 Å². The Morgan fingerprint density at radius 1 is 1.56 bits per heavy atom. The molecule has 0 saturated carbocycles. The van der Waals surface area contributed by atoms with E-state index < -0.39 is 0 Å². The molecule has 1 saturated heterocycles. The van der Waals surface area contributed by atoms with Crippen LogP contribution in [0.1, 0.15) is 31.2 Å². The lowest BCUT2D eigenvalue weighted by atomic mass is 9.98. The van der Waals surface area contributed by atoms with E-state index in [-0.39, 0.29) is 12.4 Å². The summed E-state index contributed by atoms with van der Waals surface area (Å²) in [7, 11) is 0. The Morgan fingerprint density at radius 2 is 2.39 bits per heavy atom. The highest BCUT2D eigenvalue weighted by molar-refractivity contribution is 6.00. The summed E-state index contributed by atoms with van der Waals surface area (Å²) in [5.74, 6) is 0.0701. The van der Waals surface area contributed by atoms with Gasteiger partial charge in [0.1, 0.15) is 5.84 Å². The van der Waals surface area contributed by atoms with Crippen molar-refractivity contribution in [1.82, 2.24) is 4.98 Å². The Balaban J connectivity index is 2.30. The molecule has 1 aliphatic heterocycles. The third kappa shape index (κ3) is 2.61. The molecular weight excluding hydrogens is 228 g/mol. The number of piperidine rings is 1. The fourth-order valence-electron chi connectivity index (χ4n) is 2.61. The van der Waals surface area contributed by atoms with E-state index >= 15 is 0 Å². The van der Waals surface area contributed by atoms with E-state index in [4.69, 9.17) is 16.2 Å². The highest BCUT2D eigenvalue weighted by Gasteiger charge is 2.24. The third-order valence-electron chi connectivity index (χ3n) is 3.49. The first-order valence-corrected chi connectivity index (χ1v) is 6.40. The van der Waals surface area contributed by atoms with Crippen LogP contribution in [0.5, 0.6) is 0 Å². The van der Waals surface area contributed by atoms with Gasteiger partial charge in [-0.2, -0.15) is 0 Å². The molecular formula is C13H20N4O. The van der Waals surface area contributed by atoms with Crippen molar-refractivity contribution in [2.75, 3.05) is 18.1 Å². The number of nitrogen functional groups attached to an aromatic ring is 1. The molecule has 5 nitrogen and oxygen atoms in total. The van der Waals surface area contributed by atoms with Gasteiger partial charge < -0.3 is 15.7 Å². The Labute approximate surface area is 107 Å². The van der Waals surface area contributed by atoms with Gasteiger partial charge in [0.2, 0.25) is 0 Å². The molecule has 0 spiro atoms. The van der Waals surface area contributed by atoms with Crippen LogP contribution >= 0.6 is 0 Å². The summed E-state index contributed by atoms with van der Waals surface area (Å²) in [4.78, 5) is 6.38. The summed E-state index contributed by atoms with van der Waals surface area (Å²) in [6, 6.07) is 2.11. The van der Waals surface area contributed by atoms with E-state index in [9.17, 15) is 0 Å². The van der Waals surface area contributed by atoms with Crippen LogP contribution in [-0.2, 0) is 0 Å². The lowest BCUT2D eigenvalue weighted by Gasteiger charge is -2.38. The van der Waals surface area contributed by atoms with Crippen molar-refractivity contribution < 1.29 is 5.11 Å². The molecule has 1 atom stereocenters. The number of nitrogens with zero attached hydrogens (tertiary/aromatic N) is 2. The number of pyridine rings is 1. The molecule has 1 aromatic heterocycles. The number of aliphatic hydroxyl groups is 1. The minimum Gasteiger partial charge on any atom is -0.396 e. The van der Waals surface area contributed by atoms with Crippen LogP contribution in [0.2, 0.25) is 0 Å². The molecule has 0 aliphatic carbocycles. The van der Waals surface area contributed by atoms with Crippen molar-refractivity contribution in [3.8, 4) is 0 Å². The quantitative estimate of drug-likeness (QED) is 0.550. The van der Waals surface area contributed by atoms with Crippen molar-refractivity contribution in [1.29, 1.82) is 5.41 Å². The summed E-state index contributed by atoms with van der Waals surface area (Å²) in [6.07, 6.45) is 7.59. The summed E-state index contributed by atoms with van der Waals surface area (Å²) >= 11 is 0. The number of hydrogen-bond acceptors (Lipinski definition) is 4. The lowest BCUT2D eigenvalue weighted by molar-refractivity contribution is 0.262. The first-order chi connectivity index (χ1) is 8.74. The number of nitrogens with two attached hydrogens (primary N) is 1. The molecule has 1 fully saturated rings. The molecule has 2 rings (SSSR count). The zero-order valence-electron chi connectivity index (χ0n) is 10.5. The van der Waals surface area contributed by atoms with Crippen molar-refractivity contribution in [3.63, 3.8) is 0 Å². The van der Waals surface area contributed by atoms with Gasteiger partial charge in [-0.1, -0.05) is 0 Å². The van der Waals surface area contributed by atoms with E-state index in [2.05, 4.69) is 9.88 Å². The molecule has 5 heteroatoms. The van der Waals surface area contributed by atoms with Crippen LogP contribution in [-0.4, -0.2) is 35.1 Å². The number of nitrogens with one attached hydrogen (secondary N) is 1. The first-order valence-electron chi connectivity index (χ1n) is 6.40. The van der Waals surface area contributed by atoms with Gasteiger partial charge in [0.05, 0.1) is 11.9 Å². The maximum absolute atomic E-state index is 9.15. The van der Waals surface area contributed by atoms with E-state index in [1.54, 1.807) is 18.5 Å². The highest BCUT2D eigenvalue weighted by atomic mass is 16.3. The number of aromatic nitrogens is 1. The largest absolute Gasteiger partial charge is 0.396 e. The zero-order chi connectivity index (χ0) is 13.0. The molecule has 0 amide bonds. The first kappa shape index (κ1) is 12.8. The average molecular weight is 248 g/mol. The predicted octanol–water partition coefficient (Wildman–Crippen LogP) is 1.11. The number of aliphatic hydroxyl groups excluding tert-OH is 1.